The molecule has 0 bridgehead atoms. The predicted octanol–water partition coefficient (Wildman–Crippen LogP) is 4.39. The van der Waals surface area contributed by atoms with E-state index >= 15 is 0 Å². The van der Waals surface area contributed by atoms with Crippen molar-refractivity contribution in [1.82, 2.24) is 0 Å². The number of methoxy groups -OCH3 is 1. The molecule has 0 saturated heterocycles. The molecular weight excluding hydrogens is 332 g/mol. The summed E-state index contributed by atoms with van der Waals surface area (Å²) in [4.78, 5) is 12.1. The van der Waals surface area contributed by atoms with Crippen LogP contribution in [-0.2, 0) is 4.74 Å². The van der Waals surface area contributed by atoms with Crippen molar-refractivity contribution in [3.05, 3.63) is 39.3 Å². The quantitative estimate of drug-likeness (QED) is 0.709. The van der Waals surface area contributed by atoms with E-state index in [4.69, 9.17) is 18.6 Å². The molecule has 0 spiro atoms. The van der Waals surface area contributed by atoms with Crippen molar-refractivity contribution in [3.63, 3.8) is 0 Å². The van der Waals surface area contributed by atoms with Crippen LogP contribution >= 0.6 is 0 Å². The Morgan fingerprint density at radius 3 is 2.62 bits per heavy atom. The lowest BCUT2D eigenvalue weighted by molar-refractivity contribution is -0.0125. The number of rotatable bonds is 1. The van der Waals surface area contributed by atoms with E-state index in [2.05, 4.69) is 6.92 Å². The van der Waals surface area contributed by atoms with E-state index in [9.17, 15) is 4.79 Å². The highest BCUT2D eigenvalue weighted by atomic mass is 16.5. The molecule has 4 rings (SSSR count). The Labute approximate surface area is 152 Å². The van der Waals surface area contributed by atoms with Gasteiger partial charge in [-0.05, 0) is 45.4 Å². The molecule has 3 atom stereocenters. The Bertz CT molecular complexity index is 982. The van der Waals surface area contributed by atoms with Gasteiger partial charge < -0.3 is 18.6 Å². The molecule has 2 aromatic rings. The predicted molar refractivity (Wildman–Crippen MR) is 100.0 cm³/mol. The molecule has 5 heteroatoms. The lowest BCUT2D eigenvalue weighted by atomic mass is 9.85. The SMILES string of the molecule is CO[C@@H]1c2c(c3c(c4c(C)cc(=O)oc24)OC(C)(C)C=C3)O[C@H](C)[C@H]1C. The first-order chi connectivity index (χ1) is 12.2. The minimum atomic E-state index is -0.453. The van der Waals surface area contributed by atoms with Crippen LogP contribution < -0.4 is 15.1 Å². The Morgan fingerprint density at radius 1 is 1.19 bits per heavy atom. The first-order valence-electron chi connectivity index (χ1n) is 8.95. The third-order valence-electron chi connectivity index (χ3n) is 5.44. The number of fused-ring (bicyclic) bond motifs is 6. The van der Waals surface area contributed by atoms with Gasteiger partial charge in [-0.25, -0.2) is 4.79 Å². The van der Waals surface area contributed by atoms with E-state index in [1.165, 1.54) is 6.07 Å². The normalized spacial score (nSPS) is 26.0. The smallest absolute Gasteiger partial charge is 0.336 e. The first-order valence-corrected chi connectivity index (χ1v) is 8.95. The van der Waals surface area contributed by atoms with Crippen LogP contribution in [0.5, 0.6) is 11.5 Å². The summed E-state index contributed by atoms with van der Waals surface area (Å²) in [5, 5.41) is 0.808. The maximum atomic E-state index is 12.1. The van der Waals surface area contributed by atoms with Crippen molar-refractivity contribution in [3.8, 4) is 11.5 Å². The van der Waals surface area contributed by atoms with Crippen molar-refractivity contribution in [1.29, 1.82) is 0 Å². The summed E-state index contributed by atoms with van der Waals surface area (Å²) in [6.07, 6.45) is 3.80. The highest BCUT2D eigenvalue weighted by molar-refractivity contribution is 5.97. The topological polar surface area (TPSA) is 57.9 Å². The van der Waals surface area contributed by atoms with E-state index in [-0.39, 0.29) is 23.8 Å². The summed E-state index contributed by atoms with van der Waals surface area (Å²) in [6.45, 7) is 10.00. The van der Waals surface area contributed by atoms with Crippen molar-refractivity contribution in [2.45, 2.75) is 52.4 Å². The highest BCUT2D eigenvalue weighted by Crippen LogP contribution is 2.52. The molecule has 138 valence electrons. The van der Waals surface area contributed by atoms with E-state index in [1.807, 2.05) is 39.8 Å². The zero-order valence-corrected chi connectivity index (χ0v) is 16.0. The number of aryl methyl sites for hydroxylation is 1. The monoisotopic (exact) mass is 356 g/mol. The first kappa shape index (κ1) is 17.2. The van der Waals surface area contributed by atoms with Crippen LogP contribution in [0.1, 0.15) is 50.5 Å². The van der Waals surface area contributed by atoms with Gasteiger partial charge in [-0.3, -0.25) is 0 Å². The van der Waals surface area contributed by atoms with Gasteiger partial charge in [-0.2, -0.15) is 0 Å². The van der Waals surface area contributed by atoms with Gasteiger partial charge >= 0.3 is 5.63 Å². The van der Waals surface area contributed by atoms with Gasteiger partial charge in [0, 0.05) is 19.1 Å². The van der Waals surface area contributed by atoms with Crippen LogP contribution in [0.25, 0.3) is 17.0 Å². The molecule has 0 fully saturated rings. The fraction of sp³-hybridized carbons (Fsp3) is 0.476. The molecule has 0 N–H and O–H groups in total. The average Bonchev–Trinajstić information content (AvgIpc) is 2.55. The van der Waals surface area contributed by atoms with Crippen LogP contribution in [0.15, 0.2) is 21.4 Å². The summed E-state index contributed by atoms with van der Waals surface area (Å²) >= 11 is 0. The molecule has 26 heavy (non-hydrogen) atoms. The molecule has 3 heterocycles. The molecule has 1 aromatic heterocycles. The van der Waals surface area contributed by atoms with Crippen molar-refractivity contribution in [2.24, 2.45) is 5.92 Å². The minimum Gasteiger partial charge on any atom is -0.489 e. The van der Waals surface area contributed by atoms with Crippen molar-refractivity contribution in [2.75, 3.05) is 7.11 Å². The Morgan fingerprint density at radius 2 is 1.92 bits per heavy atom. The molecular formula is C21H24O5. The van der Waals surface area contributed by atoms with Gasteiger partial charge in [0.15, 0.2) is 5.58 Å². The molecule has 0 radical (unpaired) electrons. The third-order valence-corrected chi connectivity index (χ3v) is 5.44. The van der Waals surface area contributed by atoms with Crippen LogP contribution in [0.2, 0.25) is 0 Å². The van der Waals surface area contributed by atoms with Gasteiger partial charge in [0.25, 0.3) is 0 Å². The van der Waals surface area contributed by atoms with Gasteiger partial charge in [0.2, 0.25) is 0 Å². The molecule has 2 aliphatic heterocycles. The molecule has 1 aromatic carbocycles. The molecule has 2 aliphatic rings. The Hall–Kier alpha value is -2.27. The van der Waals surface area contributed by atoms with E-state index in [0.29, 0.717) is 17.1 Å². The van der Waals surface area contributed by atoms with Crippen LogP contribution in [0.4, 0.5) is 0 Å². The van der Waals surface area contributed by atoms with Gasteiger partial charge in [0.05, 0.1) is 22.6 Å². The summed E-state index contributed by atoms with van der Waals surface area (Å²) in [7, 11) is 1.68. The fourth-order valence-electron chi connectivity index (χ4n) is 3.93. The van der Waals surface area contributed by atoms with Crippen molar-refractivity contribution >= 4 is 17.0 Å². The molecule has 0 amide bonds. The summed E-state index contributed by atoms with van der Waals surface area (Å²) < 4.78 is 24.0. The zero-order valence-electron chi connectivity index (χ0n) is 16.0. The fourth-order valence-corrected chi connectivity index (χ4v) is 3.93. The number of benzene rings is 1. The maximum Gasteiger partial charge on any atom is 0.336 e. The van der Waals surface area contributed by atoms with Crippen molar-refractivity contribution < 1.29 is 18.6 Å². The van der Waals surface area contributed by atoms with Crippen LogP contribution in [0.3, 0.4) is 0 Å². The maximum absolute atomic E-state index is 12.1. The standard InChI is InChI=1S/C21H24O5/c1-10-9-14(22)25-20-15(10)19-13(7-8-21(4,5)26-19)18-16(20)17(23-6)11(2)12(3)24-18/h7-9,11-12,17H,1-6H3/t11-,12-,17+/m1/s1. The number of hydrogen-bond acceptors (Lipinski definition) is 5. The summed E-state index contributed by atoms with van der Waals surface area (Å²) in [5.74, 6) is 1.50. The van der Waals surface area contributed by atoms with Gasteiger partial charge in [0.1, 0.15) is 23.2 Å². The summed E-state index contributed by atoms with van der Waals surface area (Å²) in [5.41, 5.74) is 2.15. The minimum absolute atomic E-state index is 0.0335. The third kappa shape index (κ3) is 2.37. The van der Waals surface area contributed by atoms with E-state index in [1.54, 1.807) is 7.11 Å². The lowest BCUT2D eigenvalue weighted by Crippen LogP contribution is -2.35. The molecule has 0 saturated carbocycles. The summed E-state index contributed by atoms with van der Waals surface area (Å²) in [6, 6.07) is 1.50. The van der Waals surface area contributed by atoms with Gasteiger partial charge in [-0.15, -0.1) is 0 Å². The highest BCUT2D eigenvalue weighted by Gasteiger charge is 2.40. The van der Waals surface area contributed by atoms with Crippen LogP contribution in [-0.4, -0.2) is 18.8 Å². The second-order valence-electron chi connectivity index (χ2n) is 7.82. The van der Waals surface area contributed by atoms with Crippen LogP contribution in [0, 0.1) is 12.8 Å². The lowest BCUT2D eigenvalue weighted by Gasteiger charge is -2.38. The molecule has 0 aliphatic carbocycles. The van der Waals surface area contributed by atoms with Gasteiger partial charge in [-0.1, -0.05) is 6.92 Å². The largest absolute Gasteiger partial charge is 0.489 e. The number of ether oxygens (including phenoxy) is 3. The molecule has 5 nitrogen and oxygen atoms in total. The average molecular weight is 356 g/mol. The second-order valence-corrected chi connectivity index (χ2v) is 7.82. The van der Waals surface area contributed by atoms with E-state index < -0.39 is 5.60 Å². The van der Waals surface area contributed by atoms with E-state index in [0.717, 1.165) is 22.1 Å². The number of hydrogen-bond donors (Lipinski definition) is 0. The Balaban J connectivity index is 2.18. The zero-order chi connectivity index (χ0) is 18.8. The Kier molecular flexibility index (Phi) is 3.70. The molecule has 0 unspecified atom stereocenters. The second kappa shape index (κ2) is 5.61.